The highest BCUT2D eigenvalue weighted by Crippen LogP contribution is 2.31. The maximum Gasteiger partial charge on any atom is 0.271 e. The first-order valence-corrected chi connectivity index (χ1v) is 21.1. The van der Waals surface area contributed by atoms with Crippen molar-refractivity contribution in [2.75, 3.05) is 57.6 Å². The lowest BCUT2D eigenvalue weighted by Crippen LogP contribution is -2.57. The molecule has 2 saturated heterocycles. The fourth-order valence-corrected chi connectivity index (χ4v) is 7.45. The van der Waals surface area contributed by atoms with Gasteiger partial charge in [-0.1, -0.05) is 60.7 Å². The number of amides is 4. The predicted molar refractivity (Wildman–Crippen MR) is 265 cm³/mol. The van der Waals surface area contributed by atoms with Gasteiger partial charge in [-0.2, -0.15) is 0 Å². The third kappa shape index (κ3) is 10.7. The first kappa shape index (κ1) is 46.7. The molecule has 65 heavy (non-hydrogen) atoms. The van der Waals surface area contributed by atoms with E-state index in [2.05, 4.69) is 9.97 Å². The Hall–Kier alpha value is -7.75. The van der Waals surface area contributed by atoms with Crippen molar-refractivity contribution in [1.82, 2.24) is 9.97 Å². The number of hydrogen-bond donors (Lipinski definition) is 0. The number of hydrogen-bond acceptors (Lipinski definition) is 11. The lowest BCUT2D eigenvalue weighted by atomic mass is 10.0. The van der Waals surface area contributed by atoms with Crippen LogP contribution < -0.4 is 29.4 Å². The molecular weight excluding hydrogens is 857 g/mol. The van der Waals surface area contributed by atoms with Crippen LogP contribution in [-0.4, -0.2) is 78.3 Å². The Kier molecular flexibility index (Phi) is 15.2. The molecule has 8 rings (SSSR count). The van der Waals surface area contributed by atoms with E-state index in [1.165, 1.54) is 19.6 Å². The van der Waals surface area contributed by atoms with Crippen molar-refractivity contribution in [3.63, 3.8) is 0 Å². The van der Waals surface area contributed by atoms with Gasteiger partial charge < -0.3 is 9.80 Å². The van der Waals surface area contributed by atoms with Crippen LogP contribution in [-0.2, 0) is 19.2 Å². The molecule has 0 saturated carbocycles. The van der Waals surface area contributed by atoms with E-state index >= 15 is 0 Å². The van der Waals surface area contributed by atoms with E-state index in [0.717, 1.165) is 39.9 Å². The number of nitrogens with zero attached hydrogens (tertiary/aromatic N) is 8. The molecule has 0 spiro atoms. The molecule has 0 bridgehead atoms. The van der Waals surface area contributed by atoms with Crippen LogP contribution in [0.5, 0.6) is 0 Å². The van der Waals surface area contributed by atoms with Gasteiger partial charge in [0.1, 0.15) is 29.9 Å². The van der Waals surface area contributed by atoms with Gasteiger partial charge >= 0.3 is 0 Å². The molecule has 0 radical (unpaired) electrons. The van der Waals surface area contributed by atoms with Gasteiger partial charge in [0.2, 0.25) is 11.8 Å². The van der Waals surface area contributed by atoms with E-state index in [1.54, 1.807) is 54.9 Å². The lowest BCUT2D eigenvalue weighted by Gasteiger charge is -2.36. The molecule has 6 aromatic rings. The smallest absolute Gasteiger partial charge is 0.271 e. The maximum atomic E-state index is 13.5. The van der Waals surface area contributed by atoms with Crippen LogP contribution in [0.4, 0.5) is 34.4 Å². The van der Waals surface area contributed by atoms with Gasteiger partial charge in [-0.15, -0.1) is 0 Å². The van der Waals surface area contributed by atoms with Gasteiger partial charge in [0.05, 0.1) is 11.4 Å². The maximum absolute atomic E-state index is 13.5. The normalized spacial score (nSPS) is 14.4. The molecule has 4 amide bonds. The Balaban J connectivity index is 0.000000182. The van der Waals surface area contributed by atoms with E-state index in [0.29, 0.717) is 23.0 Å². The fourth-order valence-electron chi connectivity index (χ4n) is 6.70. The molecule has 15 heteroatoms. The number of anilines is 6. The van der Waals surface area contributed by atoms with Crippen molar-refractivity contribution in [2.45, 2.75) is 20.3 Å². The van der Waals surface area contributed by atoms with E-state index in [-0.39, 0.29) is 34.0 Å². The number of pyridine rings is 2. The average Bonchev–Trinajstić information content (AvgIpc) is 3.30. The number of aldehydes is 1. The first-order chi connectivity index (χ1) is 31.2. The minimum absolute atomic E-state index is 0.0186. The Morgan fingerprint density at radius 3 is 1.38 bits per heavy atom. The van der Waals surface area contributed by atoms with E-state index in [4.69, 9.17) is 24.4 Å². The van der Waals surface area contributed by atoms with Crippen molar-refractivity contribution in [3.8, 4) is 0 Å². The second-order valence-electron chi connectivity index (χ2n) is 15.1. The summed E-state index contributed by atoms with van der Waals surface area (Å²) in [6.45, 7) is 3.79. The monoisotopic (exact) mass is 902 g/mol. The lowest BCUT2D eigenvalue weighted by molar-refractivity contribution is -0.126. The summed E-state index contributed by atoms with van der Waals surface area (Å²) < 4.78 is 0. The number of carbonyl (C=O) groups excluding carboxylic acids is 5. The summed E-state index contributed by atoms with van der Waals surface area (Å²) in [5.74, 6) is -0.862. The van der Waals surface area contributed by atoms with Gasteiger partial charge in [-0.3, -0.25) is 33.8 Å². The average molecular weight is 903 g/mol. The van der Waals surface area contributed by atoms with Crippen LogP contribution in [0.25, 0.3) is 6.08 Å². The quantitative estimate of drug-likeness (QED) is 0.0482. The standard InChI is InChI=1S/C25H22N4O2S.C16H13N3O2S.C9H11NO/c1-17-8-4-5-9-21(17)28-23(30)20(16-18-11-13-19(14-12-18)27(2)3)24(31)29(25(28)32)22-10-6-7-15-26-22;1-11-6-2-3-7-12(11)18-14(20)10-15(21)19(16(18)22)13-8-4-5-9-17-13;1-10(2)9-5-3-8(7-11)4-6-9/h4-16H,1-3H3;2-9H,10H2,1H3;3-7H,1-2H3/b20-16-;;. The topological polar surface area (TPSA) is 131 Å². The van der Waals surface area contributed by atoms with Gasteiger partial charge in [0, 0.05) is 57.5 Å². The van der Waals surface area contributed by atoms with Crippen LogP contribution >= 0.6 is 24.4 Å². The molecule has 2 aliphatic heterocycles. The number of rotatable bonds is 8. The zero-order chi connectivity index (χ0) is 46.8. The Morgan fingerprint density at radius 2 is 0.923 bits per heavy atom. The van der Waals surface area contributed by atoms with E-state index in [9.17, 15) is 24.0 Å². The summed E-state index contributed by atoms with van der Waals surface area (Å²) >= 11 is 11.0. The molecule has 13 nitrogen and oxygen atoms in total. The molecule has 4 heterocycles. The Morgan fingerprint density at radius 1 is 0.508 bits per heavy atom. The molecule has 0 N–H and O–H groups in total. The summed E-state index contributed by atoms with van der Waals surface area (Å²) in [6, 6.07) is 40.4. The molecule has 2 aromatic heterocycles. The Bertz CT molecular complexity index is 2770. The highest BCUT2D eigenvalue weighted by molar-refractivity contribution is 7.81. The number of carbonyl (C=O) groups is 5. The van der Waals surface area contributed by atoms with Crippen LogP contribution in [0.1, 0.15) is 33.5 Å². The molecular formula is C50H46N8O5S2. The van der Waals surface area contributed by atoms with Gasteiger partial charge in [0.15, 0.2) is 10.2 Å². The van der Waals surface area contributed by atoms with Crippen molar-refractivity contribution in [3.05, 3.63) is 174 Å². The molecule has 2 aliphatic rings. The number of benzene rings is 4. The summed E-state index contributed by atoms with van der Waals surface area (Å²) in [6.07, 6.45) is 5.39. The number of thiocarbonyl (C=S) groups is 2. The predicted octanol–water partition coefficient (Wildman–Crippen LogP) is 8.21. The van der Waals surface area contributed by atoms with Crippen LogP contribution in [0, 0.1) is 13.8 Å². The zero-order valence-corrected chi connectivity index (χ0v) is 38.3. The summed E-state index contributed by atoms with van der Waals surface area (Å²) in [7, 11) is 7.84. The fraction of sp³-hybridized carbons (Fsp3) is 0.140. The first-order valence-electron chi connectivity index (χ1n) is 20.3. The highest BCUT2D eigenvalue weighted by Gasteiger charge is 2.42. The molecule has 4 aromatic carbocycles. The largest absolute Gasteiger partial charge is 0.378 e. The molecule has 0 atom stereocenters. The van der Waals surface area contributed by atoms with Gasteiger partial charge in [-0.05, 0) is 134 Å². The zero-order valence-electron chi connectivity index (χ0n) is 36.7. The van der Waals surface area contributed by atoms with Crippen molar-refractivity contribution < 1.29 is 24.0 Å². The molecule has 328 valence electrons. The second-order valence-corrected chi connectivity index (χ2v) is 15.8. The number of aryl methyl sites for hydroxylation is 2. The van der Waals surface area contributed by atoms with E-state index < -0.39 is 11.8 Å². The minimum Gasteiger partial charge on any atom is -0.378 e. The summed E-state index contributed by atoms with van der Waals surface area (Å²) in [5.41, 5.74) is 6.70. The van der Waals surface area contributed by atoms with Crippen LogP contribution in [0.3, 0.4) is 0 Å². The second kappa shape index (κ2) is 21.1. The van der Waals surface area contributed by atoms with Crippen molar-refractivity contribution in [2.24, 2.45) is 0 Å². The van der Waals surface area contributed by atoms with Gasteiger partial charge in [0.25, 0.3) is 11.8 Å². The molecule has 0 aliphatic carbocycles. The van der Waals surface area contributed by atoms with Crippen LogP contribution in [0.15, 0.2) is 151 Å². The molecule has 0 unspecified atom stereocenters. The van der Waals surface area contributed by atoms with Crippen molar-refractivity contribution >= 4 is 105 Å². The third-order valence-electron chi connectivity index (χ3n) is 10.2. The van der Waals surface area contributed by atoms with Crippen molar-refractivity contribution in [1.29, 1.82) is 0 Å². The minimum atomic E-state index is -0.500. The SMILES string of the molecule is CN(C)c1ccc(C=O)cc1.Cc1ccccc1N1C(=O)/C(=C/c2ccc(N(C)C)cc2)C(=O)N(c2ccccn2)C1=S.Cc1ccccc1N1C(=O)CC(=O)N(c2ccccn2)C1=S. The number of para-hydroxylation sites is 2. The molecule has 2 fully saturated rings. The van der Waals surface area contributed by atoms with Gasteiger partial charge in [-0.25, -0.2) is 19.8 Å². The summed E-state index contributed by atoms with van der Waals surface area (Å²) in [4.78, 5) is 79.7. The van der Waals surface area contributed by atoms with Crippen LogP contribution in [0.2, 0.25) is 0 Å². The number of aromatic nitrogens is 2. The van der Waals surface area contributed by atoms with E-state index in [1.807, 2.05) is 149 Å². The summed E-state index contributed by atoms with van der Waals surface area (Å²) in [5, 5.41) is 0.211. The highest BCUT2D eigenvalue weighted by atomic mass is 32.1. The Labute approximate surface area is 388 Å². The third-order valence-corrected chi connectivity index (χ3v) is 10.9.